The summed E-state index contributed by atoms with van der Waals surface area (Å²) < 4.78 is 0. The first-order chi connectivity index (χ1) is 10.2. The van der Waals surface area contributed by atoms with E-state index in [-0.39, 0.29) is 0 Å². The summed E-state index contributed by atoms with van der Waals surface area (Å²) in [6.45, 7) is 0. The number of fused-ring (bicyclic) bond motifs is 2. The van der Waals surface area contributed by atoms with Gasteiger partial charge in [0.05, 0.1) is 10.5 Å². The average Bonchev–Trinajstić information content (AvgIpc) is 2.85. The highest BCUT2D eigenvalue weighted by molar-refractivity contribution is 6.38. The van der Waals surface area contributed by atoms with Crippen molar-refractivity contribution < 1.29 is 0 Å². The standard InChI is InChI=1S/C16H9Cl2N3/c17-13-9-5-1-3-7-11(9)19-14(13)16-20-12-8-4-2-6-10(12)15(18)21-16/h1-8,19H. The molecule has 1 N–H and O–H groups in total. The van der Waals surface area contributed by atoms with Crippen molar-refractivity contribution in [3.8, 4) is 11.5 Å². The zero-order valence-corrected chi connectivity index (χ0v) is 12.3. The second-order valence-corrected chi connectivity index (χ2v) is 5.45. The molecule has 0 saturated heterocycles. The van der Waals surface area contributed by atoms with Gasteiger partial charge in [0.2, 0.25) is 0 Å². The summed E-state index contributed by atoms with van der Waals surface area (Å²) in [6.07, 6.45) is 0. The van der Waals surface area contributed by atoms with E-state index in [2.05, 4.69) is 15.0 Å². The molecule has 0 aliphatic rings. The van der Waals surface area contributed by atoms with Crippen LogP contribution in [0.25, 0.3) is 33.3 Å². The van der Waals surface area contributed by atoms with E-state index in [4.69, 9.17) is 23.2 Å². The van der Waals surface area contributed by atoms with Gasteiger partial charge in [-0.3, -0.25) is 0 Å². The fourth-order valence-electron chi connectivity index (χ4n) is 2.41. The van der Waals surface area contributed by atoms with Gasteiger partial charge in [0.1, 0.15) is 10.8 Å². The Labute approximate surface area is 130 Å². The van der Waals surface area contributed by atoms with E-state index in [9.17, 15) is 0 Å². The minimum atomic E-state index is 0.422. The molecule has 0 aliphatic carbocycles. The molecule has 0 spiro atoms. The number of aromatic amines is 1. The molecule has 5 heteroatoms. The van der Waals surface area contributed by atoms with Gasteiger partial charge in [0, 0.05) is 16.3 Å². The fraction of sp³-hybridized carbons (Fsp3) is 0. The van der Waals surface area contributed by atoms with E-state index < -0.39 is 0 Å². The minimum Gasteiger partial charge on any atom is -0.351 e. The fourth-order valence-corrected chi connectivity index (χ4v) is 2.95. The number of para-hydroxylation sites is 2. The summed E-state index contributed by atoms with van der Waals surface area (Å²) >= 11 is 12.7. The minimum absolute atomic E-state index is 0.422. The SMILES string of the molecule is Clc1nc(-c2[nH]c3ccccc3c2Cl)nc2ccccc12. The molecule has 0 amide bonds. The molecule has 0 saturated carbocycles. The first-order valence-corrected chi connectivity index (χ1v) is 7.18. The Morgan fingerprint density at radius 3 is 2.33 bits per heavy atom. The summed E-state index contributed by atoms with van der Waals surface area (Å²) in [4.78, 5) is 12.2. The number of H-pyrrole nitrogens is 1. The van der Waals surface area contributed by atoms with Gasteiger partial charge in [-0.15, -0.1) is 0 Å². The van der Waals surface area contributed by atoms with Gasteiger partial charge in [0.15, 0.2) is 5.82 Å². The van der Waals surface area contributed by atoms with Gasteiger partial charge in [-0.1, -0.05) is 53.5 Å². The summed E-state index contributed by atoms with van der Waals surface area (Å²) in [5, 5.41) is 2.81. The van der Waals surface area contributed by atoms with Crippen molar-refractivity contribution in [1.82, 2.24) is 15.0 Å². The van der Waals surface area contributed by atoms with Crippen molar-refractivity contribution >= 4 is 45.0 Å². The van der Waals surface area contributed by atoms with Crippen LogP contribution in [-0.4, -0.2) is 15.0 Å². The monoisotopic (exact) mass is 313 g/mol. The second-order valence-electron chi connectivity index (χ2n) is 4.71. The topological polar surface area (TPSA) is 41.6 Å². The smallest absolute Gasteiger partial charge is 0.179 e. The molecule has 0 radical (unpaired) electrons. The van der Waals surface area contributed by atoms with Gasteiger partial charge >= 0.3 is 0 Å². The number of hydrogen-bond donors (Lipinski definition) is 1. The summed E-state index contributed by atoms with van der Waals surface area (Å²) in [5.41, 5.74) is 2.43. The van der Waals surface area contributed by atoms with Crippen LogP contribution < -0.4 is 0 Å². The zero-order chi connectivity index (χ0) is 14.4. The Morgan fingerprint density at radius 2 is 1.52 bits per heavy atom. The lowest BCUT2D eigenvalue weighted by Gasteiger charge is -2.03. The highest BCUT2D eigenvalue weighted by atomic mass is 35.5. The largest absolute Gasteiger partial charge is 0.351 e. The summed E-state index contributed by atoms with van der Waals surface area (Å²) in [7, 11) is 0. The van der Waals surface area contributed by atoms with Crippen LogP contribution in [0, 0.1) is 0 Å². The van der Waals surface area contributed by atoms with E-state index in [1.54, 1.807) is 0 Å². The van der Waals surface area contributed by atoms with Crippen LogP contribution >= 0.6 is 23.2 Å². The van der Waals surface area contributed by atoms with Crippen molar-refractivity contribution in [1.29, 1.82) is 0 Å². The Bertz CT molecular complexity index is 976. The quantitative estimate of drug-likeness (QED) is 0.497. The third-order valence-corrected chi connectivity index (χ3v) is 4.10. The second kappa shape index (κ2) is 4.72. The molecule has 102 valence electrons. The Kier molecular flexibility index (Phi) is 2.84. The maximum atomic E-state index is 6.44. The van der Waals surface area contributed by atoms with Crippen LogP contribution in [0.2, 0.25) is 10.2 Å². The summed E-state index contributed by atoms with van der Waals surface area (Å²) in [6, 6.07) is 15.5. The molecule has 2 aromatic heterocycles. The third-order valence-electron chi connectivity index (χ3n) is 3.42. The number of halogens is 2. The molecule has 21 heavy (non-hydrogen) atoms. The highest BCUT2D eigenvalue weighted by Gasteiger charge is 2.15. The lowest BCUT2D eigenvalue weighted by molar-refractivity contribution is 1.20. The molecule has 0 unspecified atom stereocenters. The number of nitrogens with one attached hydrogen (secondary N) is 1. The molecule has 4 aromatic rings. The molecule has 3 nitrogen and oxygen atoms in total. The van der Waals surface area contributed by atoms with Crippen LogP contribution in [0.3, 0.4) is 0 Å². The van der Waals surface area contributed by atoms with Gasteiger partial charge < -0.3 is 4.98 Å². The molecule has 0 atom stereocenters. The molecular weight excluding hydrogens is 305 g/mol. The van der Waals surface area contributed by atoms with E-state index in [0.29, 0.717) is 21.7 Å². The predicted molar refractivity (Wildman–Crippen MR) is 86.9 cm³/mol. The molecular formula is C16H9Cl2N3. The Hall–Kier alpha value is -2.10. The lowest BCUT2D eigenvalue weighted by Crippen LogP contribution is -1.92. The van der Waals surface area contributed by atoms with E-state index in [1.807, 2.05) is 48.5 Å². The average molecular weight is 314 g/mol. The maximum Gasteiger partial charge on any atom is 0.179 e. The van der Waals surface area contributed by atoms with Crippen molar-refractivity contribution in [2.24, 2.45) is 0 Å². The highest BCUT2D eigenvalue weighted by Crippen LogP contribution is 2.34. The number of rotatable bonds is 1. The first-order valence-electron chi connectivity index (χ1n) is 6.43. The van der Waals surface area contributed by atoms with Crippen molar-refractivity contribution in [2.75, 3.05) is 0 Å². The van der Waals surface area contributed by atoms with Gasteiger partial charge in [-0.25, -0.2) is 9.97 Å². The van der Waals surface area contributed by atoms with Crippen LogP contribution in [0.5, 0.6) is 0 Å². The predicted octanol–water partition coefficient (Wildman–Crippen LogP) is 5.08. The molecule has 2 heterocycles. The number of nitrogens with zero attached hydrogens (tertiary/aromatic N) is 2. The van der Waals surface area contributed by atoms with Gasteiger partial charge in [0.25, 0.3) is 0 Å². The molecule has 0 fully saturated rings. The number of aromatic nitrogens is 3. The Morgan fingerprint density at radius 1 is 0.810 bits per heavy atom. The van der Waals surface area contributed by atoms with Crippen LogP contribution in [0.1, 0.15) is 0 Å². The summed E-state index contributed by atoms with van der Waals surface area (Å²) in [5.74, 6) is 0.500. The van der Waals surface area contributed by atoms with Crippen LogP contribution in [-0.2, 0) is 0 Å². The normalized spacial score (nSPS) is 11.3. The van der Waals surface area contributed by atoms with Crippen molar-refractivity contribution in [2.45, 2.75) is 0 Å². The van der Waals surface area contributed by atoms with Gasteiger partial charge in [-0.2, -0.15) is 0 Å². The molecule has 0 aliphatic heterocycles. The number of hydrogen-bond acceptors (Lipinski definition) is 2. The molecule has 0 bridgehead atoms. The van der Waals surface area contributed by atoms with Crippen molar-refractivity contribution in [3.63, 3.8) is 0 Å². The van der Waals surface area contributed by atoms with E-state index >= 15 is 0 Å². The van der Waals surface area contributed by atoms with Gasteiger partial charge in [-0.05, 0) is 18.2 Å². The van der Waals surface area contributed by atoms with Crippen LogP contribution in [0.15, 0.2) is 48.5 Å². The first kappa shape index (κ1) is 12.6. The van der Waals surface area contributed by atoms with E-state index in [1.165, 1.54) is 0 Å². The number of benzene rings is 2. The zero-order valence-electron chi connectivity index (χ0n) is 10.8. The maximum absolute atomic E-state index is 6.44. The third kappa shape index (κ3) is 1.97. The lowest BCUT2D eigenvalue weighted by atomic mass is 10.2. The Balaban J connectivity index is 2.02. The molecule has 2 aromatic carbocycles. The van der Waals surface area contributed by atoms with Crippen LogP contribution in [0.4, 0.5) is 0 Å². The van der Waals surface area contributed by atoms with E-state index in [0.717, 1.165) is 21.8 Å². The van der Waals surface area contributed by atoms with Crippen molar-refractivity contribution in [3.05, 3.63) is 58.7 Å². The molecule has 4 rings (SSSR count).